The molecule has 6 heterocycles. The van der Waals surface area contributed by atoms with Crippen LogP contribution in [0.2, 0.25) is 0 Å². The molecule has 5 aliphatic heterocycles. The van der Waals surface area contributed by atoms with Crippen LogP contribution in [0.5, 0.6) is 11.8 Å². The van der Waals surface area contributed by atoms with Crippen LogP contribution in [0.3, 0.4) is 0 Å². The van der Waals surface area contributed by atoms with Crippen LogP contribution in [0, 0.1) is 18.2 Å². The summed E-state index contributed by atoms with van der Waals surface area (Å²) in [5.74, 6) is 2.70. The summed E-state index contributed by atoms with van der Waals surface area (Å²) >= 11 is 0. The number of piperazine rings is 1. The number of carbonyl (C=O) groups is 1. The molecule has 8 rings (SSSR count). The molecule has 10 nitrogen and oxygen atoms in total. The maximum Gasteiger partial charge on any atom is 0.318 e. The summed E-state index contributed by atoms with van der Waals surface area (Å²) in [7, 11) is 0. The number of anilines is 2. The molecule has 2 N–H and O–H groups in total. The van der Waals surface area contributed by atoms with Crippen LogP contribution in [0.1, 0.15) is 48.9 Å². The van der Waals surface area contributed by atoms with Gasteiger partial charge < -0.3 is 29.6 Å². The molecule has 0 radical (unpaired) electrons. The number of aliphatic hydroxyl groups is 1. The SMILES string of the molecule is C#Cc1c(F)ccc2cc(O)cc(N3CCc4c(nc(OCC56CCCN5CCC6)nc4N4C[C@@H]5CC(O)[C@H](C4)N5C(=O)C=C)C3)c12. The number of fused-ring (bicyclic) bond motifs is 5. The predicted octanol–water partition coefficient (Wildman–Crippen LogP) is 3.36. The van der Waals surface area contributed by atoms with Gasteiger partial charge >= 0.3 is 6.01 Å². The molecule has 47 heavy (non-hydrogen) atoms. The zero-order valence-electron chi connectivity index (χ0n) is 26.4. The molecular formula is C36H39FN6O4. The molecule has 0 saturated carbocycles. The number of nitrogens with zero attached hydrogens (tertiary/aromatic N) is 6. The van der Waals surface area contributed by atoms with Gasteiger partial charge in [0.05, 0.1) is 41.5 Å². The van der Waals surface area contributed by atoms with Crippen LogP contribution in [0.25, 0.3) is 10.8 Å². The van der Waals surface area contributed by atoms with Gasteiger partial charge in [0.2, 0.25) is 5.91 Å². The molecule has 4 fully saturated rings. The van der Waals surface area contributed by atoms with Gasteiger partial charge in [-0.05, 0) is 75.2 Å². The molecule has 1 amide bonds. The van der Waals surface area contributed by atoms with E-state index >= 15 is 0 Å². The number of ether oxygens (including phenoxy) is 1. The Labute approximate surface area is 273 Å². The Bertz CT molecular complexity index is 1820. The summed E-state index contributed by atoms with van der Waals surface area (Å²) in [6.07, 6.45) is 12.1. The molecule has 2 bridgehead atoms. The van der Waals surface area contributed by atoms with Gasteiger partial charge in [0.25, 0.3) is 0 Å². The Kier molecular flexibility index (Phi) is 7.26. The first-order valence-corrected chi connectivity index (χ1v) is 16.6. The van der Waals surface area contributed by atoms with Crippen molar-refractivity contribution in [3.63, 3.8) is 0 Å². The Morgan fingerprint density at radius 1 is 1.17 bits per heavy atom. The number of aromatic hydroxyl groups is 1. The average molecular weight is 639 g/mol. The fourth-order valence-electron chi connectivity index (χ4n) is 8.93. The highest BCUT2D eigenvalue weighted by Crippen LogP contribution is 2.42. The lowest BCUT2D eigenvalue weighted by Gasteiger charge is -2.42. The third kappa shape index (κ3) is 4.88. The second-order valence-electron chi connectivity index (χ2n) is 13.6. The van der Waals surface area contributed by atoms with Crippen molar-refractivity contribution in [1.29, 1.82) is 0 Å². The first-order chi connectivity index (χ1) is 22.8. The number of phenolic OH excluding ortho intramolecular Hbond substituents is 1. The van der Waals surface area contributed by atoms with Crippen molar-refractivity contribution in [3.8, 4) is 24.1 Å². The number of aliphatic hydroxyl groups excluding tert-OH is 1. The largest absolute Gasteiger partial charge is 0.508 e. The lowest BCUT2D eigenvalue weighted by Crippen LogP contribution is -2.57. The van der Waals surface area contributed by atoms with E-state index < -0.39 is 11.9 Å². The molecule has 3 aromatic rings. The molecule has 3 atom stereocenters. The molecule has 244 valence electrons. The third-order valence-corrected chi connectivity index (χ3v) is 11.1. The van der Waals surface area contributed by atoms with E-state index in [-0.39, 0.29) is 34.8 Å². The highest BCUT2D eigenvalue weighted by molar-refractivity contribution is 6.00. The van der Waals surface area contributed by atoms with Crippen LogP contribution in [0.4, 0.5) is 15.9 Å². The Hall–Kier alpha value is -4.40. The summed E-state index contributed by atoms with van der Waals surface area (Å²) in [6, 6.07) is 5.97. The lowest BCUT2D eigenvalue weighted by atomic mass is 9.95. The Morgan fingerprint density at radius 2 is 1.98 bits per heavy atom. The van der Waals surface area contributed by atoms with Crippen molar-refractivity contribution >= 4 is 28.2 Å². The second-order valence-corrected chi connectivity index (χ2v) is 13.6. The van der Waals surface area contributed by atoms with Crippen molar-refractivity contribution < 1.29 is 24.1 Å². The number of benzene rings is 2. The Morgan fingerprint density at radius 3 is 2.72 bits per heavy atom. The first kappa shape index (κ1) is 30.0. The summed E-state index contributed by atoms with van der Waals surface area (Å²) in [5, 5.41) is 22.8. The van der Waals surface area contributed by atoms with Gasteiger partial charge in [0, 0.05) is 42.3 Å². The zero-order valence-corrected chi connectivity index (χ0v) is 26.4. The lowest BCUT2D eigenvalue weighted by molar-refractivity contribution is -0.130. The monoisotopic (exact) mass is 638 g/mol. The predicted molar refractivity (Wildman–Crippen MR) is 176 cm³/mol. The van der Waals surface area contributed by atoms with E-state index in [4.69, 9.17) is 21.1 Å². The second kappa shape index (κ2) is 11.4. The molecule has 11 heteroatoms. The minimum absolute atomic E-state index is 0.0154. The van der Waals surface area contributed by atoms with Gasteiger partial charge in [-0.3, -0.25) is 9.69 Å². The molecule has 4 saturated heterocycles. The molecular weight excluding hydrogens is 599 g/mol. The number of carbonyl (C=O) groups excluding carboxylic acids is 1. The zero-order chi connectivity index (χ0) is 32.4. The number of terminal acetylenes is 1. The number of rotatable bonds is 6. The fraction of sp³-hybridized carbons (Fsp3) is 0.472. The van der Waals surface area contributed by atoms with Crippen molar-refractivity contribution in [2.75, 3.05) is 49.1 Å². The summed E-state index contributed by atoms with van der Waals surface area (Å²) in [5.41, 5.74) is 2.59. The number of amides is 1. The van der Waals surface area contributed by atoms with Gasteiger partial charge in [0.15, 0.2) is 0 Å². The van der Waals surface area contributed by atoms with Gasteiger partial charge in [0.1, 0.15) is 24.0 Å². The minimum Gasteiger partial charge on any atom is -0.508 e. The average Bonchev–Trinajstić information content (AvgIpc) is 3.71. The standard InChI is InChI=1S/C36H39FN6O4/c1-3-25-27(37)8-7-22-15-24(44)17-29(33(22)25)40-14-9-26-28(19-40)38-35(47-21-36-10-5-12-42(36)13-6-11-36)39-34(26)41-18-23-16-31(45)30(20-41)43(23)32(46)4-2/h1,4,7-8,15,17,23,30-31,44-45H,2,5-6,9-14,16,18-21H2/t23-,30-,31?/m0/s1. The van der Waals surface area contributed by atoms with E-state index in [2.05, 4.69) is 27.2 Å². The van der Waals surface area contributed by atoms with Crippen LogP contribution >= 0.6 is 0 Å². The Balaban J connectivity index is 1.17. The van der Waals surface area contributed by atoms with Crippen molar-refractivity contribution in [2.24, 2.45) is 0 Å². The third-order valence-electron chi connectivity index (χ3n) is 11.1. The maximum absolute atomic E-state index is 14.9. The molecule has 2 aromatic carbocycles. The summed E-state index contributed by atoms with van der Waals surface area (Å²) in [6.45, 7) is 8.27. The molecule has 1 unspecified atom stereocenters. The van der Waals surface area contributed by atoms with E-state index in [1.165, 1.54) is 12.1 Å². The molecule has 0 aliphatic carbocycles. The minimum atomic E-state index is -0.627. The van der Waals surface area contributed by atoms with Crippen molar-refractivity contribution in [3.05, 3.63) is 59.6 Å². The van der Waals surface area contributed by atoms with Crippen molar-refractivity contribution in [1.82, 2.24) is 19.8 Å². The van der Waals surface area contributed by atoms with Gasteiger partial charge in [-0.25, -0.2) is 4.39 Å². The van der Waals surface area contributed by atoms with E-state index in [9.17, 15) is 19.4 Å². The number of phenols is 1. The smallest absolute Gasteiger partial charge is 0.318 e. The highest BCUT2D eigenvalue weighted by Gasteiger charge is 2.48. The molecule has 1 aromatic heterocycles. The normalized spacial score (nSPS) is 24.7. The van der Waals surface area contributed by atoms with E-state index in [1.807, 2.05) is 0 Å². The topological polar surface area (TPSA) is 106 Å². The van der Waals surface area contributed by atoms with Gasteiger partial charge in [-0.1, -0.05) is 18.6 Å². The van der Waals surface area contributed by atoms with E-state index in [0.29, 0.717) is 68.1 Å². The highest BCUT2D eigenvalue weighted by atomic mass is 19.1. The van der Waals surface area contributed by atoms with Crippen LogP contribution in [-0.2, 0) is 17.8 Å². The van der Waals surface area contributed by atoms with Crippen LogP contribution in [0.15, 0.2) is 36.9 Å². The van der Waals surface area contributed by atoms with Crippen LogP contribution < -0.4 is 14.5 Å². The number of hydrogen-bond acceptors (Lipinski definition) is 9. The quantitative estimate of drug-likeness (QED) is 0.311. The molecule has 5 aliphatic rings. The fourth-order valence-corrected chi connectivity index (χ4v) is 8.93. The number of aromatic nitrogens is 2. The maximum atomic E-state index is 14.9. The van der Waals surface area contributed by atoms with Crippen molar-refractivity contribution in [2.45, 2.75) is 68.8 Å². The van der Waals surface area contributed by atoms with E-state index in [1.54, 1.807) is 23.1 Å². The molecule has 0 spiro atoms. The van der Waals surface area contributed by atoms with Crippen LogP contribution in [-0.4, -0.2) is 98.9 Å². The first-order valence-electron chi connectivity index (χ1n) is 16.6. The number of hydrogen-bond donors (Lipinski definition) is 2. The van der Waals surface area contributed by atoms with E-state index in [0.717, 1.165) is 55.8 Å². The van der Waals surface area contributed by atoms with Gasteiger partial charge in [-0.2, -0.15) is 9.97 Å². The van der Waals surface area contributed by atoms with Gasteiger partial charge in [-0.15, -0.1) is 6.42 Å². The number of halogens is 1. The summed E-state index contributed by atoms with van der Waals surface area (Å²) < 4.78 is 21.4. The summed E-state index contributed by atoms with van der Waals surface area (Å²) in [4.78, 5) is 31.3.